The number of fused-ring (bicyclic) bond motifs is 1. The first-order valence-electron chi connectivity index (χ1n) is 13.6. The van der Waals surface area contributed by atoms with Crippen LogP contribution in [0.2, 0.25) is 0 Å². The SMILES string of the molecule is Cc1cc2nc(-c3ccccn3)n(C3CCN(C(=O)C4(F)CCN(Cc5ccncc5)CC4)CC3)c2cc1F. The van der Waals surface area contributed by atoms with Crippen LogP contribution in [0.15, 0.2) is 61.1 Å². The lowest BCUT2D eigenvalue weighted by Gasteiger charge is -2.40. The van der Waals surface area contributed by atoms with Crippen LogP contribution in [0.1, 0.15) is 42.9 Å². The topological polar surface area (TPSA) is 67.2 Å². The predicted molar refractivity (Wildman–Crippen MR) is 145 cm³/mol. The third kappa shape index (κ3) is 5.03. The van der Waals surface area contributed by atoms with Gasteiger partial charge in [-0.05, 0) is 61.2 Å². The molecule has 202 valence electrons. The van der Waals surface area contributed by atoms with E-state index in [0.29, 0.717) is 67.1 Å². The van der Waals surface area contributed by atoms with Gasteiger partial charge in [0.1, 0.15) is 11.5 Å². The Morgan fingerprint density at radius 3 is 2.46 bits per heavy atom. The Labute approximate surface area is 226 Å². The molecule has 0 saturated carbocycles. The van der Waals surface area contributed by atoms with Gasteiger partial charge in [0.15, 0.2) is 11.5 Å². The monoisotopic (exact) mass is 530 g/mol. The first kappa shape index (κ1) is 25.6. The highest BCUT2D eigenvalue weighted by Gasteiger charge is 2.45. The third-order valence-corrected chi connectivity index (χ3v) is 8.17. The molecule has 0 aliphatic carbocycles. The number of amides is 1. The summed E-state index contributed by atoms with van der Waals surface area (Å²) in [6.45, 7) is 4.45. The number of carbonyl (C=O) groups is 1. The first-order valence-corrected chi connectivity index (χ1v) is 13.6. The van der Waals surface area contributed by atoms with E-state index in [0.717, 1.165) is 12.1 Å². The van der Waals surface area contributed by atoms with E-state index in [1.54, 1.807) is 36.5 Å². The van der Waals surface area contributed by atoms with Crippen LogP contribution >= 0.6 is 0 Å². The summed E-state index contributed by atoms with van der Waals surface area (Å²) >= 11 is 0. The number of rotatable bonds is 5. The molecule has 0 radical (unpaired) electrons. The lowest BCUT2D eigenvalue weighted by molar-refractivity contribution is -0.148. The summed E-state index contributed by atoms with van der Waals surface area (Å²) in [6, 6.07) is 12.9. The Balaban J connectivity index is 1.16. The summed E-state index contributed by atoms with van der Waals surface area (Å²) in [5, 5.41) is 0. The average Bonchev–Trinajstić information content (AvgIpc) is 3.33. The maximum atomic E-state index is 15.9. The van der Waals surface area contributed by atoms with Crippen molar-refractivity contribution in [1.29, 1.82) is 0 Å². The van der Waals surface area contributed by atoms with Gasteiger partial charge in [0, 0.05) is 76.3 Å². The van der Waals surface area contributed by atoms with E-state index in [2.05, 4.69) is 19.4 Å². The van der Waals surface area contributed by atoms with Gasteiger partial charge in [-0.2, -0.15) is 0 Å². The molecule has 1 aromatic carbocycles. The molecule has 0 N–H and O–H groups in total. The number of hydrogen-bond acceptors (Lipinski definition) is 5. The molecule has 4 aromatic rings. The quantitative estimate of drug-likeness (QED) is 0.359. The van der Waals surface area contributed by atoms with Crippen molar-refractivity contribution in [2.45, 2.75) is 50.9 Å². The molecule has 2 saturated heterocycles. The molecule has 39 heavy (non-hydrogen) atoms. The fourth-order valence-corrected chi connectivity index (χ4v) is 5.90. The number of aryl methyl sites for hydroxylation is 1. The number of imidazole rings is 1. The van der Waals surface area contributed by atoms with Crippen LogP contribution in [0.3, 0.4) is 0 Å². The van der Waals surface area contributed by atoms with Gasteiger partial charge in [0.05, 0.1) is 11.0 Å². The van der Waals surface area contributed by atoms with Crippen LogP contribution in [0.25, 0.3) is 22.6 Å². The molecular weight excluding hydrogens is 498 g/mol. The highest BCUT2D eigenvalue weighted by molar-refractivity contribution is 5.85. The van der Waals surface area contributed by atoms with Crippen molar-refractivity contribution in [3.63, 3.8) is 0 Å². The van der Waals surface area contributed by atoms with Gasteiger partial charge < -0.3 is 9.47 Å². The second kappa shape index (κ2) is 10.4. The number of benzene rings is 1. The summed E-state index contributed by atoms with van der Waals surface area (Å²) in [5.41, 5.74) is 1.99. The van der Waals surface area contributed by atoms with Crippen molar-refractivity contribution in [2.75, 3.05) is 26.2 Å². The van der Waals surface area contributed by atoms with Crippen LogP contribution in [-0.2, 0) is 11.3 Å². The molecule has 0 unspecified atom stereocenters. The number of alkyl halides is 1. The zero-order chi connectivity index (χ0) is 27.0. The average molecular weight is 531 g/mol. The Morgan fingerprint density at radius 1 is 1.03 bits per heavy atom. The van der Waals surface area contributed by atoms with Gasteiger partial charge >= 0.3 is 0 Å². The van der Waals surface area contributed by atoms with E-state index in [9.17, 15) is 9.18 Å². The summed E-state index contributed by atoms with van der Waals surface area (Å²) in [6.07, 6.45) is 6.91. The van der Waals surface area contributed by atoms with E-state index in [-0.39, 0.29) is 24.7 Å². The normalized spacial score (nSPS) is 18.5. The van der Waals surface area contributed by atoms with Gasteiger partial charge in [-0.15, -0.1) is 0 Å². The number of halogens is 2. The van der Waals surface area contributed by atoms with Gasteiger partial charge in [-0.25, -0.2) is 13.8 Å². The van der Waals surface area contributed by atoms with Gasteiger partial charge in [-0.3, -0.25) is 19.7 Å². The van der Waals surface area contributed by atoms with Crippen molar-refractivity contribution in [3.05, 3.63) is 78.0 Å². The second-order valence-electron chi connectivity index (χ2n) is 10.7. The summed E-state index contributed by atoms with van der Waals surface area (Å²) in [7, 11) is 0. The Kier molecular flexibility index (Phi) is 6.85. The maximum Gasteiger partial charge on any atom is 0.260 e. The predicted octanol–water partition coefficient (Wildman–Crippen LogP) is 5.11. The lowest BCUT2D eigenvalue weighted by Crippen LogP contribution is -2.53. The molecule has 7 nitrogen and oxygen atoms in total. The smallest absolute Gasteiger partial charge is 0.260 e. The van der Waals surface area contributed by atoms with E-state index in [4.69, 9.17) is 4.98 Å². The van der Waals surface area contributed by atoms with E-state index in [1.807, 2.05) is 30.3 Å². The molecule has 3 aromatic heterocycles. The standard InChI is InChI=1S/C30H32F2N6O/c1-21-18-26-27(19-24(21)31)38(28(35-26)25-4-2-3-11-34-25)23-7-14-37(15-8-23)29(39)30(32)9-16-36(17-10-30)20-22-5-12-33-13-6-22/h2-6,11-13,18-19,23H,7-10,14-17,20H2,1H3. The maximum absolute atomic E-state index is 15.9. The van der Waals surface area contributed by atoms with E-state index < -0.39 is 11.6 Å². The number of hydrogen-bond donors (Lipinski definition) is 0. The highest BCUT2D eigenvalue weighted by Crippen LogP contribution is 2.36. The summed E-state index contributed by atoms with van der Waals surface area (Å²) in [4.78, 5) is 30.6. The van der Waals surface area contributed by atoms with Crippen molar-refractivity contribution in [3.8, 4) is 11.5 Å². The second-order valence-corrected chi connectivity index (χ2v) is 10.7. The van der Waals surface area contributed by atoms with Crippen molar-refractivity contribution in [2.24, 2.45) is 0 Å². The van der Waals surface area contributed by atoms with E-state index in [1.165, 1.54) is 6.07 Å². The molecule has 1 amide bonds. The summed E-state index contributed by atoms with van der Waals surface area (Å²) in [5.74, 6) is 0.00834. The molecule has 9 heteroatoms. The molecule has 5 heterocycles. The minimum absolute atomic E-state index is 0.00377. The van der Waals surface area contributed by atoms with Crippen LogP contribution in [0.4, 0.5) is 8.78 Å². The van der Waals surface area contributed by atoms with Crippen molar-refractivity contribution in [1.82, 2.24) is 29.3 Å². The van der Waals surface area contributed by atoms with Crippen LogP contribution < -0.4 is 0 Å². The Morgan fingerprint density at radius 2 is 1.77 bits per heavy atom. The zero-order valence-electron chi connectivity index (χ0n) is 22.1. The molecule has 6 rings (SSSR count). The molecule has 0 bridgehead atoms. The van der Waals surface area contributed by atoms with Crippen LogP contribution in [0.5, 0.6) is 0 Å². The number of carbonyl (C=O) groups excluding carboxylic acids is 1. The number of nitrogens with zero attached hydrogens (tertiary/aromatic N) is 6. The number of pyridine rings is 2. The lowest BCUT2D eigenvalue weighted by atomic mass is 9.90. The fourth-order valence-electron chi connectivity index (χ4n) is 5.90. The number of aromatic nitrogens is 4. The molecular formula is C30H32F2N6O. The first-order chi connectivity index (χ1) is 18.9. The number of piperidine rings is 2. The van der Waals surface area contributed by atoms with Gasteiger partial charge in [0.2, 0.25) is 0 Å². The summed E-state index contributed by atoms with van der Waals surface area (Å²) < 4.78 is 32.6. The van der Waals surface area contributed by atoms with E-state index >= 15 is 4.39 Å². The number of likely N-dealkylation sites (tertiary alicyclic amines) is 2. The van der Waals surface area contributed by atoms with Crippen molar-refractivity contribution < 1.29 is 13.6 Å². The third-order valence-electron chi connectivity index (χ3n) is 8.17. The Hall–Kier alpha value is -3.72. The molecule has 0 spiro atoms. The van der Waals surface area contributed by atoms with Crippen molar-refractivity contribution >= 4 is 16.9 Å². The largest absolute Gasteiger partial charge is 0.340 e. The Bertz CT molecular complexity index is 1460. The molecule has 2 aliphatic rings. The van der Waals surface area contributed by atoms with Crippen LogP contribution in [-0.4, -0.2) is 67.1 Å². The fraction of sp³-hybridized carbons (Fsp3) is 0.400. The highest BCUT2D eigenvalue weighted by atomic mass is 19.1. The van der Waals surface area contributed by atoms with Crippen LogP contribution in [0, 0.1) is 12.7 Å². The molecule has 2 aliphatic heterocycles. The zero-order valence-corrected chi connectivity index (χ0v) is 22.1. The van der Waals surface area contributed by atoms with Gasteiger partial charge in [-0.1, -0.05) is 6.07 Å². The minimum Gasteiger partial charge on any atom is -0.340 e. The molecule has 0 atom stereocenters. The molecule has 2 fully saturated rings. The van der Waals surface area contributed by atoms with Gasteiger partial charge in [0.25, 0.3) is 5.91 Å². The minimum atomic E-state index is -1.83.